The minimum absolute atomic E-state index is 0.0709. The summed E-state index contributed by atoms with van der Waals surface area (Å²) in [6.45, 7) is 7.80. The van der Waals surface area contributed by atoms with E-state index in [1.165, 1.54) is 21.3 Å². The maximum absolute atomic E-state index is 12.9. The first-order chi connectivity index (χ1) is 21.7. The molecule has 2 N–H and O–H groups in total. The largest absolute Gasteiger partial charge is 0.416 e. The van der Waals surface area contributed by atoms with Crippen LogP contribution in [0.15, 0.2) is 71.7 Å². The van der Waals surface area contributed by atoms with Crippen molar-refractivity contribution in [3.05, 3.63) is 94.5 Å². The molecule has 1 aromatic heterocycles. The first-order valence-electron chi connectivity index (χ1n) is 14.3. The van der Waals surface area contributed by atoms with Gasteiger partial charge in [0.15, 0.2) is 5.17 Å². The molecule has 1 fully saturated rings. The number of thioether (sulfide) groups is 1. The molecule has 5 rings (SSSR count). The van der Waals surface area contributed by atoms with Crippen LogP contribution in [0.4, 0.5) is 35.2 Å². The molecule has 1 aliphatic rings. The van der Waals surface area contributed by atoms with Gasteiger partial charge in [0, 0.05) is 29.4 Å². The van der Waals surface area contributed by atoms with E-state index < -0.39 is 23.7 Å². The van der Waals surface area contributed by atoms with Gasteiger partial charge in [0.1, 0.15) is 5.82 Å². The van der Waals surface area contributed by atoms with E-state index in [0.717, 1.165) is 41.1 Å². The summed E-state index contributed by atoms with van der Waals surface area (Å²) in [4.78, 5) is 44.2. The van der Waals surface area contributed by atoms with Gasteiger partial charge in [-0.3, -0.25) is 19.2 Å². The molecule has 2 heterocycles. The van der Waals surface area contributed by atoms with Crippen molar-refractivity contribution >= 4 is 52.0 Å². The van der Waals surface area contributed by atoms with E-state index in [4.69, 9.17) is 0 Å². The van der Waals surface area contributed by atoms with Crippen molar-refractivity contribution in [3.8, 4) is 11.3 Å². The van der Waals surface area contributed by atoms with Crippen LogP contribution in [0.25, 0.3) is 11.3 Å². The summed E-state index contributed by atoms with van der Waals surface area (Å²) in [5.74, 6) is 0.0125. The van der Waals surface area contributed by atoms with Crippen molar-refractivity contribution in [2.24, 2.45) is 12.0 Å². The van der Waals surface area contributed by atoms with E-state index in [2.05, 4.69) is 20.7 Å². The molecule has 9 nitrogen and oxygen atoms in total. The molecule has 0 atom stereocenters. The van der Waals surface area contributed by atoms with Gasteiger partial charge in [0.05, 0.1) is 22.7 Å². The van der Waals surface area contributed by atoms with Crippen molar-refractivity contribution < 1.29 is 27.6 Å². The topological polar surface area (TPSA) is 109 Å². The van der Waals surface area contributed by atoms with Crippen molar-refractivity contribution in [3.63, 3.8) is 0 Å². The highest BCUT2D eigenvalue weighted by atomic mass is 32.2. The molecule has 0 bridgehead atoms. The number of aromatic nitrogens is 2. The molecule has 0 saturated carbocycles. The highest BCUT2D eigenvalue weighted by molar-refractivity contribution is 8.15. The number of hydrogen-bond acceptors (Lipinski definition) is 5. The number of nitrogens with one attached hydrogen (secondary N) is 2. The van der Waals surface area contributed by atoms with Crippen molar-refractivity contribution in [2.75, 3.05) is 21.3 Å². The van der Waals surface area contributed by atoms with Crippen LogP contribution >= 0.6 is 11.8 Å². The molecule has 0 unspecified atom stereocenters. The third-order valence-electron chi connectivity index (χ3n) is 7.41. The number of amides is 4. The third kappa shape index (κ3) is 6.84. The van der Waals surface area contributed by atoms with Gasteiger partial charge in [-0.05, 0) is 73.4 Å². The highest BCUT2D eigenvalue weighted by Crippen LogP contribution is 2.35. The monoisotopic (exact) mass is 648 g/mol. The first-order valence-corrected chi connectivity index (χ1v) is 15.3. The lowest BCUT2D eigenvalue weighted by atomic mass is 9.99. The van der Waals surface area contributed by atoms with Crippen LogP contribution in [0, 0.1) is 13.8 Å². The molecular weight excluding hydrogens is 617 g/mol. The van der Waals surface area contributed by atoms with Gasteiger partial charge in [-0.1, -0.05) is 49.9 Å². The summed E-state index contributed by atoms with van der Waals surface area (Å²) in [5, 5.41) is 10.3. The number of nitrogens with zero attached hydrogens (tertiary/aromatic N) is 4. The Morgan fingerprint density at radius 2 is 1.65 bits per heavy atom. The number of alkyl halides is 3. The normalized spacial score (nSPS) is 14.3. The summed E-state index contributed by atoms with van der Waals surface area (Å²) < 4.78 is 40.1. The fourth-order valence-corrected chi connectivity index (χ4v) is 5.89. The fraction of sp³-hybridized carbons (Fsp3) is 0.242. The first kappa shape index (κ1) is 32.5. The van der Waals surface area contributed by atoms with Crippen LogP contribution in [0.5, 0.6) is 0 Å². The van der Waals surface area contributed by atoms with Gasteiger partial charge < -0.3 is 10.6 Å². The molecule has 46 heavy (non-hydrogen) atoms. The van der Waals surface area contributed by atoms with Crippen LogP contribution in [-0.4, -0.2) is 38.5 Å². The quantitative estimate of drug-likeness (QED) is 0.222. The Kier molecular flexibility index (Phi) is 9.06. The lowest BCUT2D eigenvalue weighted by molar-refractivity contribution is -0.137. The summed E-state index contributed by atoms with van der Waals surface area (Å²) >= 11 is 1.21. The Labute approximate surface area is 267 Å². The zero-order valence-corrected chi connectivity index (χ0v) is 26.5. The van der Waals surface area contributed by atoms with E-state index in [9.17, 15) is 27.6 Å². The maximum atomic E-state index is 12.9. The van der Waals surface area contributed by atoms with E-state index in [1.54, 1.807) is 38.2 Å². The van der Waals surface area contributed by atoms with Crippen molar-refractivity contribution in [1.29, 1.82) is 0 Å². The molecule has 0 aliphatic carbocycles. The number of aryl methyl sites for hydroxylation is 2. The number of aliphatic imine (C=N–C) groups is 1. The Morgan fingerprint density at radius 3 is 2.28 bits per heavy atom. The third-order valence-corrected chi connectivity index (χ3v) is 8.33. The molecule has 4 amide bonds. The van der Waals surface area contributed by atoms with Gasteiger partial charge in [-0.15, -0.1) is 0 Å². The highest BCUT2D eigenvalue weighted by Gasteiger charge is 2.33. The van der Waals surface area contributed by atoms with Crippen molar-refractivity contribution in [1.82, 2.24) is 9.78 Å². The predicted molar refractivity (Wildman–Crippen MR) is 174 cm³/mol. The number of hydrogen-bond donors (Lipinski definition) is 2. The second kappa shape index (κ2) is 12.8. The van der Waals surface area contributed by atoms with Crippen molar-refractivity contribution in [2.45, 2.75) is 39.8 Å². The van der Waals surface area contributed by atoms with E-state index in [1.807, 2.05) is 39.0 Å². The van der Waals surface area contributed by atoms with Gasteiger partial charge in [0.25, 0.3) is 5.91 Å². The molecule has 1 aliphatic heterocycles. The number of carbonyl (C=O) groups is 3. The number of carbonyl (C=O) groups excluding carboxylic acids is 3. The lowest BCUT2D eigenvalue weighted by Crippen LogP contribution is -2.31. The molecule has 0 radical (unpaired) electrons. The SMILES string of the molecule is Cc1ccc(C(C)C)c(N2C(=O)CS/C2=N\C(=O)Nc2ccc(-c3nn(C)c(NC(=O)c4ccc(C(F)(F)F)cc4)c3C)cc2)c1. The Balaban J connectivity index is 1.29. The second-order valence-electron chi connectivity index (χ2n) is 11.1. The Morgan fingerprint density at radius 1 is 0.978 bits per heavy atom. The van der Waals surface area contributed by atoms with Crippen LogP contribution in [-0.2, 0) is 18.0 Å². The van der Waals surface area contributed by atoms with E-state index in [-0.39, 0.29) is 23.1 Å². The maximum Gasteiger partial charge on any atom is 0.416 e. The zero-order valence-electron chi connectivity index (χ0n) is 25.7. The molecular formula is C33H31F3N6O3S. The predicted octanol–water partition coefficient (Wildman–Crippen LogP) is 7.77. The molecule has 13 heteroatoms. The second-order valence-corrected chi connectivity index (χ2v) is 12.1. The lowest BCUT2D eigenvalue weighted by Gasteiger charge is -2.22. The number of anilines is 3. The molecule has 4 aromatic rings. The summed E-state index contributed by atoms with van der Waals surface area (Å²) in [5.41, 5.74) is 4.32. The minimum atomic E-state index is -4.50. The Hall–Kier alpha value is -4.91. The number of benzene rings is 3. The van der Waals surface area contributed by atoms with Gasteiger partial charge in [-0.2, -0.15) is 23.3 Å². The number of rotatable bonds is 6. The summed E-state index contributed by atoms with van der Waals surface area (Å²) in [6.07, 6.45) is -4.50. The summed E-state index contributed by atoms with van der Waals surface area (Å²) in [6, 6.07) is 16.1. The van der Waals surface area contributed by atoms with Crippen LogP contribution in [0.3, 0.4) is 0 Å². The average Bonchev–Trinajstić information content (AvgIpc) is 3.50. The zero-order chi connectivity index (χ0) is 33.3. The van der Waals surface area contributed by atoms with Crippen LogP contribution in [0.1, 0.15) is 52.4 Å². The number of amidine groups is 1. The standard InChI is InChI=1S/C33H31F3N6O3S/c1-18(2)25-15-6-19(3)16-26(25)42-27(43)17-46-32(42)39-31(45)37-24-13-9-21(10-14-24)28-20(4)29(41(5)40-28)38-30(44)22-7-11-23(12-8-22)33(34,35)36/h6-16,18H,17H2,1-5H3,(H,37,45)(H,38,44)/b39-32-. The Bertz CT molecular complexity index is 1850. The van der Waals surface area contributed by atoms with Crippen LogP contribution < -0.4 is 15.5 Å². The van der Waals surface area contributed by atoms with E-state index >= 15 is 0 Å². The number of halogens is 3. The van der Waals surface area contributed by atoms with Crippen LogP contribution in [0.2, 0.25) is 0 Å². The molecule has 1 saturated heterocycles. The van der Waals surface area contributed by atoms with Gasteiger partial charge >= 0.3 is 12.2 Å². The average molecular weight is 649 g/mol. The summed E-state index contributed by atoms with van der Waals surface area (Å²) in [7, 11) is 1.64. The minimum Gasteiger partial charge on any atom is -0.307 e. The fourth-order valence-electron chi connectivity index (χ4n) is 5.04. The number of urea groups is 1. The van der Waals surface area contributed by atoms with Gasteiger partial charge in [-0.25, -0.2) is 4.79 Å². The smallest absolute Gasteiger partial charge is 0.307 e. The molecule has 238 valence electrons. The van der Waals surface area contributed by atoms with Gasteiger partial charge in [0.2, 0.25) is 5.91 Å². The van der Waals surface area contributed by atoms with E-state index in [0.29, 0.717) is 33.5 Å². The molecule has 3 aromatic carbocycles. The molecule has 0 spiro atoms.